The molecule has 4 heteroatoms. The van der Waals surface area contributed by atoms with E-state index >= 15 is 0 Å². The van der Waals surface area contributed by atoms with Crippen molar-refractivity contribution in [3.05, 3.63) is 39.9 Å². The van der Waals surface area contributed by atoms with E-state index in [1.807, 2.05) is 18.2 Å². The molecular weight excluding hydrogens is 278 g/mol. The van der Waals surface area contributed by atoms with Crippen LogP contribution in [0, 0.1) is 11.3 Å². The Hall–Kier alpha value is -1.31. The van der Waals surface area contributed by atoms with Crippen molar-refractivity contribution in [2.75, 3.05) is 25.0 Å². The molecule has 0 spiro atoms. The summed E-state index contributed by atoms with van der Waals surface area (Å²) in [6.45, 7) is 2.89. The van der Waals surface area contributed by atoms with Crippen molar-refractivity contribution in [2.45, 2.75) is 6.42 Å². The molecule has 1 aromatic carbocycles. The van der Waals surface area contributed by atoms with Crippen molar-refractivity contribution in [3.63, 3.8) is 0 Å². The molecule has 0 saturated heterocycles. The van der Waals surface area contributed by atoms with Crippen LogP contribution in [-0.4, -0.2) is 19.6 Å². The second kappa shape index (κ2) is 5.85. The van der Waals surface area contributed by atoms with Crippen LogP contribution in [0.1, 0.15) is 12.0 Å². The summed E-state index contributed by atoms with van der Waals surface area (Å²) in [6.07, 6.45) is 3.33. The van der Waals surface area contributed by atoms with Crippen LogP contribution in [0.5, 0.6) is 0 Å². The molecule has 0 atom stereocenters. The molecule has 0 amide bonds. The molecule has 1 aromatic rings. The molecule has 1 aliphatic rings. The number of nitriles is 1. The van der Waals surface area contributed by atoms with Crippen LogP contribution in [0.25, 0.3) is 0 Å². The van der Waals surface area contributed by atoms with Gasteiger partial charge in [0, 0.05) is 23.2 Å². The van der Waals surface area contributed by atoms with Crippen LogP contribution in [0.3, 0.4) is 0 Å². The van der Waals surface area contributed by atoms with E-state index < -0.39 is 0 Å². The van der Waals surface area contributed by atoms with Crippen molar-refractivity contribution in [3.8, 4) is 6.07 Å². The minimum Gasteiger partial charge on any atom is -0.380 e. The predicted octanol–water partition coefficient (Wildman–Crippen LogP) is 2.65. The zero-order valence-electron chi connectivity index (χ0n) is 9.46. The Morgan fingerprint density at radius 1 is 1.47 bits per heavy atom. The predicted molar refractivity (Wildman–Crippen MR) is 72.9 cm³/mol. The van der Waals surface area contributed by atoms with Crippen molar-refractivity contribution < 1.29 is 0 Å². The Morgan fingerprint density at radius 3 is 3.00 bits per heavy atom. The van der Waals surface area contributed by atoms with Gasteiger partial charge in [-0.15, -0.1) is 0 Å². The second-order valence-corrected chi connectivity index (χ2v) is 4.83. The molecule has 1 heterocycles. The van der Waals surface area contributed by atoms with E-state index in [1.165, 1.54) is 5.57 Å². The number of hydrogen-bond acceptors (Lipinski definition) is 3. The fourth-order valence-corrected chi connectivity index (χ4v) is 2.29. The highest BCUT2D eigenvalue weighted by atomic mass is 79.9. The lowest BCUT2D eigenvalue weighted by molar-refractivity contribution is 0.698. The number of nitrogens with zero attached hydrogens (tertiary/aromatic N) is 1. The fraction of sp³-hybridized carbons (Fsp3) is 0.308. The van der Waals surface area contributed by atoms with Crippen LogP contribution in [0.15, 0.2) is 34.3 Å². The average molecular weight is 292 g/mol. The van der Waals surface area contributed by atoms with Gasteiger partial charge >= 0.3 is 0 Å². The quantitative estimate of drug-likeness (QED) is 0.842. The van der Waals surface area contributed by atoms with Gasteiger partial charge in [0.05, 0.1) is 11.6 Å². The molecule has 2 rings (SSSR count). The first-order valence-corrected chi connectivity index (χ1v) is 6.41. The molecule has 2 N–H and O–H groups in total. The number of anilines is 1. The van der Waals surface area contributed by atoms with E-state index in [1.54, 1.807) is 0 Å². The van der Waals surface area contributed by atoms with Gasteiger partial charge in [0.15, 0.2) is 0 Å². The maximum atomic E-state index is 8.78. The van der Waals surface area contributed by atoms with E-state index in [2.05, 4.69) is 38.7 Å². The Labute approximate surface area is 110 Å². The number of hydrogen-bond donors (Lipinski definition) is 2. The minimum absolute atomic E-state index is 0.670. The molecule has 0 radical (unpaired) electrons. The Kier molecular flexibility index (Phi) is 4.18. The average Bonchev–Trinajstić information content (AvgIpc) is 2.38. The van der Waals surface area contributed by atoms with Gasteiger partial charge in [-0.25, -0.2) is 0 Å². The molecule has 0 bridgehead atoms. The topological polar surface area (TPSA) is 47.9 Å². The summed E-state index contributed by atoms with van der Waals surface area (Å²) in [5.74, 6) is 0. The summed E-state index contributed by atoms with van der Waals surface area (Å²) in [4.78, 5) is 0. The number of benzene rings is 1. The van der Waals surface area contributed by atoms with Crippen molar-refractivity contribution in [1.29, 1.82) is 5.26 Å². The monoisotopic (exact) mass is 291 g/mol. The third kappa shape index (κ3) is 3.32. The van der Waals surface area contributed by atoms with Crippen LogP contribution in [0.2, 0.25) is 0 Å². The van der Waals surface area contributed by atoms with Crippen LogP contribution < -0.4 is 10.6 Å². The summed E-state index contributed by atoms with van der Waals surface area (Å²) < 4.78 is 0.936. The zero-order chi connectivity index (χ0) is 12.1. The molecule has 3 nitrogen and oxygen atoms in total. The van der Waals surface area contributed by atoms with Crippen LogP contribution >= 0.6 is 15.9 Å². The SMILES string of the molecule is N#Cc1ccc(NCC2=CCNCC2)c(Br)c1. The standard InChI is InChI=1S/C13H14BrN3/c14-12-7-11(8-15)1-2-13(12)17-9-10-3-5-16-6-4-10/h1-3,7,16-17H,4-6,9H2. The highest BCUT2D eigenvalue weighted by Crippen LogP contribution is 2.23. The normalized spacial score (nSPS) is 14.9. The highest BCUT2D eigenvalue weighted by Gasteiger charge is 2.04. The largest absolute Gasteiger partial charge is 0.380 e. The molecule has 0 aliphatic carbocycles. The third-order valence-electron chi connectivity index (χ3n) is 2.76. The first-order valence-electron chi connectivity index (χ1n) is 5.62. The number of nitrogens with one attached hydrogen (secondary N) is 2. The van der Waals surface area contributed by atoms with Gasteiger partial charge in [0.1, 0.15) is 0 Å². The maximum Gasteiger partial charge on any atom is 0.0992 e. The van der Waals surface area contributed by atoms with Crippen molar-refractivity contribution >= 4 is 21.6 Å². The number of halogens is 1. The first-order chi connectivity index (χ1) is 8.29. The van der Waals surface area contributed by atoms with Gasteiger partial charge in [-0.2, -0.15) is 5.26 Å². The lowest BCUT2D eigenvalue weighted by Crippen LogP contribution is -2.23. The Balaban J connectivity index is 1.99. The molecule has 0 fully saturated rings. The zero-order valence-corrected chi connectivity index (χ0v) is 11.0. The lowest BCUT2D eigenvalue weighted by Gasteiger charge is -2.16. The third-order valence-corrected chi connectivity index (χ3v) is 3.42. The number of rotatable bonds is 3. The molecule has 88 valence electrons. The van der Waals surface area contributed by atoms with Gasteiger partial charge in [-0.05, 0) is 47.1 Å². The fourth-order valence-electron chi connectivity index (χ4n) is 1.77. The second-order valence-electron chi connectivity index (χ2n) is 3.98. The molecule has 0 unspecified atom stereocenters. The summed E-state index contributed by atoms with van der Waals surface area (Å²) >= 11 is 3.47. The summed E-state index contributed by atoms with van der Waals surface area (Å²) in [6, 6.07) is 7.71. The lowest BCUT2D eigenvalue weighted by atomic mass is 10.1. The molecule has 0 aromatic heterocycles. The highest BCUT2D eigenvalue weighted by molar-refractivity contribution is 9.10. The van der Waals surface area contributed by atoms with Crippen molar-refractivity contribution in [2.24, 2.45) is 0 Å². The van der Waals surface area contributed by atoms with Crippen LogP contribution in [-0.2, 0) is 0 Å². The van der Waals surface area contributed by atoms with Gasteiger partial charge in [-0.3, -0.25) is 0 Å². The van der Waals surface area contributed by atoms with Crippen molar-refractivity contribution in [1.82, 2.24) is 5.32 Å². The molecule has 1 aliphatic heterocycles. The molecule has 0 saturated carbocycles. The summed E-state index contributed by atoms with van der Waals surface area (Å²) in [5, 5.41) is 15.5. The van der Waals surface area contributed by atoms with E-state index in [0.717, 1.165) is 36.2 Å². The molecule has 17 heavy (non-hydrogen) atoms. The van der Waals surface area contributed by atoms with Gasteiger partial charge < -0.3 is 10.6 Å². The van der Waals surface area contributed by atoms with Gasteiger partial charge in [0.2, 0.25) is 0 Å². The first kappa shape index (κ1) is 12.2. The molecular formula is C13H14BrN3. The maximum absolute atomic E-state index is 8.78. The van der Waals surface area contributed by atoms with Crippen LogP contribution in [0.4, 0.5) is 5.69 Å². The summed E-state index contributed by atoms with van der Waals surface area (Å²) in [7, 11) is 0. The Bertz CT molecular complexity index is 474. The van der Waals surface area contributed by atoms with Gasteiger partial charge in [0.25, 0.3) is 0 Å². The van der Waals surface area contributed by atoms with E-state index in [0.29, 0.717) is 5.56 Å². The van der Waals surface area contributed by atoms with E-state index in [-0.39, 0.29) is 0 Å². The Morgan fingerprint density at radius 2 is 2.35 bits per heavy atom. The summed E-state index contributed by atoms with van der Waals surface area (Å²) in [5.41, 5.74) is 3.13. The van der Waals surface area contributed by atoms with Gasteiger partial charge in [-0.1, -0.05) is 11.6 Å². The smallest absolute Gasteiger partial charge is 0.0992 e. The minimum atomic E-state index is 0.670. The van der Waals surface area contributed by atoms with E-state index in [4.69, 9.17) is 5.26 Å². The van der Waals surface area contributed by atoms with E-state index in [9.17, 15) is 0 Å².